The van der Waals surface area contributed by atoms with Crippen LogP contribution in [0.3, 0.4) is 0 Å². The van der Waals surface area contributed by atoms with E-state index in [0.717, 1.165) is 45.6 Å². The van der Waals surface area contributed by atoms with E-state index < -0.39 is 15.9 Å². The predicted octanol–water partition coefficient (Wildman–Crippen LogP) is 2.39. The largest absolute Gasteiger partial charge is 0.611 e. The lowest BCUT2D eigenvalue weighted by Crippen LogP contribution is -2.48. The minimum atomic E-state index is -1.37. The van der Waals surface area contributed by atoms with Crippen molar-refractivity contribution in [1.82, 2.24) is 19.8 Å². The average Bonchev–Trinajstić information content (AvgIpc) is 2.90. The van der Waals surface area contributed by atoms with E-state index in [2.05, 4.69) is 25.1 Å². The zero-order valence-electron chi connectivity index (χ0n) is 23.6. The van der Waals surface area contributed by atoms with E-state index in [1.165, 1.54) is 6.33 Å². The van der Waals surface area contributed by atoms with Gasteiger partial charge < -0.3 is 29.9 Å². The molecule has 214 valence electrons. The molecule has 1 aliphatic rings. The van der Waals surface area contributed by atoms with E-state index >= 15 is 0 Å². The number of hydrogen-bond acceptors (Lipinski definition) is 10. The topological polar surface area (TPSA) is 153 Å². The lowest BCUT2D eigenvalue weighted by Gasteiger charge is -2.34. The van der Waals surface area contributed by atoms with Gasteiger partial charge in [0.15, 0.2) is 10.6 Å². The number of nitrogens with one attached hydrogen (secondary N) is 2. The number of rotatable bonds is 12. The first-order chi connectivity index (χ1) is 18.5. The van der Waals surface area contributed by atoms with Crippen molar-refractivity contribution in [1.29, 1.82) is 5.41 Å². The van der Waals surface area contributed by atoms with E-state index in [9.17, 15) is 9.35 Å². The highest BCUT2D eigenvalue weighted by Gasteiger charge is 2.32. The molecule has 39 heavy (non-hydrogen) atoms. The average molecular weight is 560 g/mol. The van der Waals surface area contributed by atoms with Crippen molar-refractivity contribution < 1.29 is 18.8 Å². The second kappa shape index (κ2) is 14.0. The van der Waals surface area contributed by atoms with E-state index in [4.69, 9.17) is 20.6 Å². The third kappa shape index (κ3) is 8.61. The fraction of sp³-hybridized carbons (Fsp3) is 0.556. The summed E-state index contributed by atoms with van der Waals surface area (Å²) in [5.41, 5.74) is 7.65. The number of carbonyl (C=O) groups is 1. The smallest absolute Gasteiger partial charge is 0.195 e. The molecule has 0 radical (unpaired) electrons. The molecule has 0 bridgehead atoms. The van der Waals surface area contributed by atoms with Gasteiger partial charge in [-0.3, -0.25) is 15.2 Å². The third-order valence-corrected chi connectivity index (χ3v) is 8.37. The second-order valence-corrected chi connectivity index (χ2v) is 12.7. The first kappa shape index (κ1) is 30.8. The van der Waals surface area contributed by atoms with E-state index in [1.807, 2.05) is 20.8 Å². The number of carbonyl (C=O) groups excluding carboxylic acids is 1. The van der Waals surface area contributed by atoms with Gasteiger partial charge in [0.05, 0.1) is 12.1 Å². The molecule has 1 aromatic carbocycles. The zero-order chi connectivity index (χ0) is 28.6. The Morgan fingerprint density at radius 3 is 2.38 bits per heavy atom. The molecule has 1 saturated heterocycles. The van der Waals surface area contributed by atoms with Crippen molar-refractivity contribution in [3.05, 3.63) is 29.7 Å². The number of aldehydes is 1. The second-order valence-electron chi connectivity index (χ2n) is 10.5. The van der Waals surface area contributed by atoms with Gasteiger partial charge >= 0.3 is 0 Å². The molecule has 12 heteroatoms. The van der Waals surface area contributed by atoms with Crippen LogP contribution in [0.25, 0.3) is 10.9 Å². The van der Waals surface area contributed by atoms with Gasteiger partial charge in [-0.25, -0.2) is 9.97 Å². The van der Waals surface area contributed by atoms with Crippen LogP contribution in [0.1, 0.15) is 34.6 Å². The fourth-order valence-electron chi connectivity index (χ4n) is 4.01. The summed E-state index contributed by atoms with van der Waals surface area (Å²) in [6, 6.07) is 3.61. The standard InChI is InChI=1S/C27H41N7O4S/c1-19(20(2)28)25(29)32-26-21-16-24(39(36)27(3,4)5)23(17-22(21)30-18-31-26)38-14-11-34-8-6-33(7-9-34)10-13-37-15-12-35/h12,16-18H,6-11,13-15,28H2,1-5H3,(H2,29,30,31,32)/b20-19-. The Labute approximate surface area is 233 Å². The number of aromatic nitrogens is 2. The highest BCUT2D eigenvalue weighted by Crippen LogP contribution is 2.36. The Hall–Kier alpha value is -2.77. The molecule has 0 aliphatic carbocycles. The van der Waals surface area contributed by atoms with Crippen LogP contribution in [0.15, 0.2) is 34.6 Å². The van der Waals surface area contributed by atoms with Crippen LogP contribution >= 0.6 is 0 Å². The highest BCUT2D eigenvalue weighted by atomic mass is 32.2. The summed E-state index contributed by atoms with van der Waals surface area (Å²) >= 11 is -1.37. The first-order valence-electron chi connectivity index (χ1n) is 13.1. The van der Waals surface area contributed by atoms with Crippen molar-refractivity contribution >= 4 is 40.0 Å². The lowest BCUT2D eigenvalue weighted by molar-refractivity contribution is -0.112. The molecule has 1 unspecified atom stereocenters. The minimum absolute atomic E-state index is 0.141. The summed E-state index contributed by atoms with van der Waals surface area (Å²) in [5, 5.41) is 12.0. The number of fused-ring (bicyclic) bond motifs is 1. The van der Waals surface area contributed by atoms with Gasteiger partial charge in [-0.15, -0.1) is 0 Å². The summed E-state index contributed by atoms with van der Waals surface area (Å²) in [4.78, 5) is 24.4. The van der Waals surface area contributed by atoms with Crippen LogP contribution in [0.4, 0.5) is 5.82 Å². The summed E-state index contributed by atoms with van der Waals surface area (Å²) in [5.74, 6) is 1.12. The normalized spacial score (nSPS) is 16.6. The molecule has 2 aromatic rings. The summed E-state index contributed by atoms with van der Waals surface area (Å²) in [6.45, 7) is 15.7. The Balaban J connectivity index is 1.73. The van der Waals surface area contributed by atoms with Crippen LogP contribution < -0.4 is 15.8 Å². The first-order valence-corrected chi connectivity index (χ1v) is 14.2. The Bertz CT molecular complexity index is 1170. The lowest BCUT2D eigenvalue weighted by atomic mass is 10.2. The van der Waals surface area contributed by atoms with Gasteiger partial charge in [0.2, 0.25) is 0 Å². The molecule has 3 rings (SSSR count). The summed E-state index contributed by atoms with van der Waals surface area (Å²) < 4.78 is 24.5. The molecule has 0 spiro atoms. The van der Waals surface area contributed by atoms with Crippen LogP contribution in [0, 0.1) is 5.41 Å². The highest BCUT2D eigenvalue weighted by molar-refractivity contribution is 7.92. The van der Waals surface area contributed by atoms with E-state index in [1.54, 1.807) is 26.0 Å². The molecule has 0 saturated carbocycles. The van der Waals surface area contributed by atoms with Gasteiger partial charge in [0, 0.05) is 68.1 Å². The maximum absolute atomic E-state index is 13.5. The number of piperazine rings is 1. The molecular weight excluding hydrogens is 518 g/mol. The van der Waals surface area contributed by atoms with E-state index in [-0.39, 0.29) is 12.4 Å². The number of nitrogens with two attached hydrogens (primary N) is 1. The number of ether oxygens (including phenoxy) is 2. The molecule has 4 N–H and O–H groups in total. The van der Waals surface area contributed by atoms with E-state index in [0.29, 0.717) is 51.8 Å². The molecule has 1 aromatic heterocycles. The number of amidine groups is 1. The van der Waals surface area contributed by atoms with Crippen molar-refractivity contribution in [3.63, 3.8) is 0 Å². The molecular formula is C27H41N7O4S. The zero-order valence-corrected chi connectivity index (χ0v) is 24.4. The molecule has 0 amide bonds. The van der Waals surface area contributed by atoms with Crippen LogP contribution in [0.2, 0.25) is 0 Å². The molecule has 2 heterocycles. The van der Waals surface area contributed by atoms with Gasteiger partial charge in [-0.2, -0.15) is 0 Å². The fourth-order valence-corrected chi connectivity index (χ4v) is 5.19. The van der Waals surface area contributed by atoms with Gasteiger partial charge in [0.1, 0.15) is 42.2 Å². The molecule has 1 aliphatic heterocycles. The molecule has 11 nitrogen and oxygen atoms in total. The van der Waals surface area contributed by atoms with Gasteiger partial charge in [-0.05, 0) is 45.8 Å². The SMILES string of the molecule is C/C(N)=C(\C)C(=N)Nc1ncnc2cc(OCCN3CCN(CCOCC=O)CC3)c([S+]([O-])C(C)(C)C)cc12. The van der Waals surface area contributed by atoms with Crippen LogP contribution in [0.5, 0.6) is 5.75 Å². The number of anilines is 1. The monoisotopic (exact) mass is 559 g/mol. The summed E-state index contributed by atoms with van der Waals surface area (Å²) in [6.07, 6.45) is 2.20. The Kier molecular flexibility index (Phi) is 11.1. The van der Waals surface area contributed by atoms with Crippen molar-refractivity contribution in [2.24, 2.45) is 5.73 Å². The van der Waals surface area contributed by atoms with Crippen molar-refractivity contribution in [2.45, 2.75) is 44.3 Å². The number of allylic oxidation sites excluding steroid dienone is 1. The predicted molar refractivity (Wildman–Crippen MR) is 155 cm³/mol. The van der Waals surface area contributed by atoms with Gasteiger partial charge in [0.25, 0.3) is 0 Å². The maximum atomic E-state index is 13.5. The maximum Gasteiger partial charge on any atom is 0.195 e. The molecule has 1 atom stereocenters. The van der Waals surface area contributed by atoms with Crippen LogP contribution in [-0.4, -0.2) is 100 Å². The van der Waals surface area contributed by atoms with Crippen molar-refractivity contribution in [2.75, 3.05) is 64.4 Å². The third-order valence-electron chi connectivity index (χ3n) is 6.53. The minimum Gasteiger partial charge on any atom is -0.611 e. The Morgan fingerprint density at radius 2 is 1.79 bits per heavy atom. The number of benzene rings is 1. The quantitative estimate of drug-likeness (QED) is 0.116. The Morgan fingerprint density at radius 1 is 1.15 bits per heavy atom. The number of hydrogen-bond donors (Lipinski definition) is 3. The van der Waals surface area contributed by atoms with Gasteiger partial charge in [-0.1, -0.05) is 0 Å². The summed E-state index contributed by atoms with van der Waals surface area (Å²) in [7, 11) is 0. The van der Waals surface area contributed by atoms with Crippen molar-refractivity contribution in [3.8, 4) is 5.75 Å². The van der Waals surface area contributed by atoms with Crippen LogP contribution in [-0.2, 0) is 20.7 Å². The molecule has 1 fully saturated rings. The number of nitrogens with zero attached hydrogens (tertiary/aromatic N) is 4.